The molecule has 7 heteroatoms. The van der Waals surface area contributed by atoms with Crippen LogP contribution in [0.5, 0.6) is 11.6 Å². The van der Waals surface area contributed by atoms with Crippen LogP contribution in [0.2, 0.25) is 0 Å². The van der Waals surface area contributed by atoms with Gasteiger partial charge >= 0.3 is 11.9 Å². The number of aromatic carboxylic acids is 1. The molecule has 1 heterocycles. The Labute approximate surface area is 123 Å². The maximum absolute atomic E-state index is 14.0. The van der Waals surface area contributed by atoms with E-state index in [-0.39, 0.29) is 10.8 Å². The fourth-order valence-corrected chi connectivity index (χ4v) is 2.76. The standard InChI is InChI=1S/C14H11F2NO3S/c15-14(16,8-6-7-8)13-17-11(10(21-13)12(18)19)20-9-4-2-1-3-5-9/h1-5,8H,6-7H2,(H,18,19). The van der Waals surface area contributed by atoms with Gasteiger partial charge in [-0.05, 0) is 25.0 Å². The van der Waals surface area contributed by atoms with Gasteiger partial charge in [-0.2, -0.15) is 13.8 Å². The van der Waals surface area contributed by atoms with Crippen LogP contribution in [0.15, 0.2) is 30.3 Å². The number of carbonyl (C=O) groups is 1. The van der Waals surface area contributed by atoms with Gasteiger partial charge in [-0.3, -0.25) is 0 Å². The minimum absolute atomic E-state index is 0.283. The van der Waals surface area contributed by atoms with Crippen molar-refractivity contribution in [2.45, 2.75) is 18.8 Å². The minimum atomic E-state index is -3.09. The minimum Gasteiger partial charge on any atom is -0.477 e. The first-order valence-corrected chi connectivity index (χ1v) is 7.15. The van der Waals surface area contributed by atoms with Gasteiger partial charge in [0.1, 0.15) is 5.75 Å². The first-order chi connectivity index (χ1) is 9.98. The smallest absolute Gasteiger partial charge is 0.351 e. The summed E-state index contributed by atoms with van der Waals surface area (Å²) in [6, 6.07) is 8.36. The van der Waals surface area contributed by atoms with E-state index in [1.54, 1.807) is 30.3 Å². The average Bonchev–Trinajstić information content (AvgIpc) is 3.22. The van der Waals surface area contributed by atoms with Crippen LogP contribution in [-0.4, -0.2) is 16.1 Å². The third-order valence-electron chi connectivity index (χ3n) is 3.12. The fraction of sp³-hybridized carbons (Fsp3) is 0.286. The molecule has 0 spiro atoms. The highest BCUT2D eigenvalue weighted by Gasteiger charge is 2.51. The summed E-state index contributed by atoms with van der Waals surface area (Å²) in [6.07, 6.45) is 0.869. The number of nitrogens with zero attached hydrogens (tertiary/aromatic N) is 1. The van der Waals surface area contributed by atoms with Crippen LogP contribution < -0.4 is 4.74 Å². The van der Waals surface area contributed by atoms with Crippen molar-refractivity contribution >= 4 is 17.3 Å². The number of halogens is 2. The molecule has 1 N–H and O–H groups in total. The number of ether oxygens (including phenoxy) is 1. The lowest BCUT2D eigenvalue weighted by Crippen LogP contribution is -2.15. The molecule has 1 aromatic heterocycles. The van der Waals surface area contributed by atoms with Gasteiger partial charge in [-0.1, -0.05) is 18.2 Å². The van der Waals surface area contributed by atoms with Gasteiger partial charge in [-0.15, -0.1) is 11.3 Å². The first-order valence-electron chi connectivity index (χ1n) is 6.34. The summed E-state index contributed by atoms with van der Waals surface area (Å²) in [5.41, 5.74) is 0. The van der Waals surface area contributed by atoms with E-state index in [1.165, 1.54) is 0 Å². The van der Waals surface area contributed by atoms with Gasteiger partial charge in [0.25, 0.3) is 0 Å². The van der Waals surface area contributed by atoms with Crippen molar-refractivity contribution in [1.29, 1.82) is 0 Å². The molecule has 0 bridgehead atoms. The average molecular weight is 311 g/mol. The van der Waals surface area contributed by atoms with E-state index in [0.29, 0.717) is 29.9 Å². The molecule has 1 aromatic carbocycles. The molecule has 4 nitrogen and oxygen atoms in total. The second-order valence-corrected chi connectivity index (χ2v) is 5.77. The zero-order chi connectivity index (χ0) is 15.0. The molecule has 0 radical (unpaired) electrons. The van der Waals surface area contributed by atoms with Crippen molar-refractivity contribution in [3.05, 3.63) is 40.2 Å². The summed E-state index contributed by atoms with van der Waals surface area (Å²) >= 11 is 0.476. The number of hydrogen-bond acceptors (Lipinski definition) is 4. The van der Waals surface area contributed by atoms with Crippen molar-refractivity contribution in [3.63, 3.8) is 0 Å². The molecule has 0 saturated heterocycles. The number of thiazole rings is 1. The van der Waals surface area contributed by atoms with Crippen LogP contribution in [0, 0.1) is 5.92 Å². The molecular weight excluding hydrogens is 300 g/mol. The van der Waals surface area contributed by atoms with Crippen molar-refractivity contribution in [2.75, 3.05) is 0 Å². The number of hydrogen-bond donors (Lipinski definition) is 1. The molecule has 0 amide bonds. The Bertz CT molecular complexity index is 668. The summed E-state index contributed by atoms with van der Waals surface area (Å²) in [4.78, 5) is 14.6. The Morgan fingerprint density at radius 3 is 2.57 bits per heavy atom. The summed E-state index contributed by atoms with van der Waals surface area (Å²) in [6.45, 7) is 0. The molecule has 2 aromatic rings. The van der Waals surface area contributed by atoms with E-state index in [4.69, 9.17) is 9.84 Å². The number of carboxylic acids is 1. The highest BCUT2D eigenvalue weighted by Crippen LogP contribution is 2.51. The molecule has 110 valence electrons. The van der Waals surface area contributed by atoms with Crippen LogP contribution >= 0.6 is 11.3 Å². The van der Waals surface area contributed by atoms with Crippen molar-refractivity contribution in [3.8, 4) is 11.6 Å². The van der Waals surface area contributed by atoms with Gasteiger partial charge in [0.2, 0.25) is 5.88 Å². The summed E-state index contributed by atoms with van der Waals surface area (Å²) < 4.78 is 33.4. The zero-order valence-corrected chi connectivity index (χ0v) is 11.6. The Balaban J connectivity index is 1.95. The van der Waals surface area contributed by atoms with E-state index in [9.17, 15) is 13.6 Å². The number of aromatic nitrogens is 1. The zero-order valence-electron chi connectivity index (χ0n) is 10.8. The largest absolute Gasteiger partial charge is 0.477 e. The molecule has 0 atom stereocenters. The quantitative estimate of drug-likeness (QED) is 0.901. The third-order valence-corrected chi connectivity index (χ3v) is 4.23. The van der Waals surface area contributed by atoms with E-state index in [2.05, 4.69) is 4.98 Å². The third kappa shape index (κ3) is 2.73. The molecule has 1 aliphatic carbocycles. The number of benzene rings is 1. The number of alkyl halides is 2. The van der Waals surface area contributed by atoms with E-state index < -0.39 is 22.8 Å². The van der Waals surface area contributed by atoms with Crippen molar-refractivity contribution < 1.29 is 23.4 Å². The Morgan fingerprint density at radius 1 is 1.33 bits per heavy atom. The molecular formula is C14H11F2NO3S. The van der Waals surface area contributed by atoms with Gasteiger partial charge < -0.3 is 9.84 Å². The monoisotopic (exact) mass is 311 g/mol. The number of para-hydroxylation sites is 1. The van der Waals surface area contributed by atoms with Gasteiger partial charge in [0, 0.05) is 5.92 Å². The Hall–Kier alpha value is -2.02. The van der Waals surface area contributed by atoms with Gasteiger partial charge in [-0.25, -0.2) is 4.79 Å². The highest BCUT2D eigenvalue weighted by molar-refractivity contribution is 7.14. The SMILES string of the molecule is O=C(O)c1sc(C(F)(F)C2CC2)nc1Oc1ccccc1. The summed E-state index contributed by atoms with van der Waals surface area (Å²) in [5.74, 6) is -5.08. The number of carboxylic acid groups (broad SMARTS) is 1. The fourth-order valence-electron chi connectivity index (χ4n) is 1.87. The van der Waals surface area contributed by atoms with Crippen LogP contribution in [0.4, 0.5) is 8.78 Å². The summed E-state index contributed by atoms with van der Waals surface area (Å²) in [5, 5.41) is 8.63. The molecule has 0 unspecified atom stereocenters. The van der Waals surface area contributed by atoms with E-state index in [1.807, 2.05) is 0 Å². The molecule has 21 heavy (non-hydrogen) atoms. The van der Waals surface area contributed by atoms with Gasteiger partial charge in [0.05, 0.1) is 0 Å². The highest BCUT2D eigenvalue weighted by atomic mass is 32.1. The molecule has 1 aliphatic rings. The second-order valence-electron chi connectivity index (χ2n) is 4.77. The van der Waals surface area contributed by atoms with Crippen molar-refractivity contribution in [2.24, 2.45) is 5.92 Å². The van der Waals surface area contributed by atoms with E-state index in [0.717, 1.165) is 0 Å². The Kier molecular flexibility index (Phi) is 3.36. The maximum Gasteiger partial charge on any atom is 0.351 e. The predicted octanol–water partition coefficient (Wildman–Crippen LogP) is 4.14. The molecule has 1 fully saturated rings. The maximum atomic E-state index is 14.0. The topological polar surface area (TPSA) is 59.4 Å². The van der Waals surface area contributed by atoms with Crippen LogP contribution in [0.3, 0.4) is 0 Å². The van der Waals surface area contributed by atoms with Crippen molar-refractivity contribution in [1.82, 2.24) is 4.98 Å². The van der Waals surface area contributed by atoms with Gasteiger partial charge in [0.15, 0.2) is 9.88 Å². The molecule has 1 saturated carbocycles. The van der Waals surface area contributed by atoms with Crippen LogP contribution in [-0.2, 0) is 5.92 Å². The summed E-state index contributed by atoms with van der Waals surface area (Å²) in [7, 11) is 0. The molecule has 0 aliphatic heterocycles. The number of rotatable bonds is 5. The lowest BCUT2D eigenvalue weighted by atomic mass is 10.2. The molecule has 3 rings (SSSR count). The second kappa shape index (κ2) is 5.07. The lowest BCUT2D eigenvalue weighted by Gasteiger charge is -2.10. The van der Waals surface area contributed by atoms with E-state index >= 15 is 0 Å². The first kappa shape index (κ1) is 13.9. The normalized spacial score (nSPS) is 15.0. The lowest BCUT2D eigenvalue weighted by molar-refractivity contribution is -0.0289. The predicted molar refractivity (Wildman–Crippen MR) is 72.2 cm³/mol. The van der Waals surface area contributed by atoms with Crippen LogP contribution in [0.1, 0.15) is 27.5 Å². The Morgan fingerprint density at radius 2 is 2.00 bits per heavy atom. The van der Waals surface area contributed by atoms with Crippen LogP contribution in [0.25, 0.3) is 0 Å².